The second-order valence-corrected chi connectivity index (χ2v) is 6.04. The van der Waals surface area contributed by atoms with Crippen molar-refractivity contribution in [1.29, 1.82) is 0 Å². The third-order valence-electron chi connectivity index (χ3n) is 3.16. The van der Waals surface area contributed by atoms with Gasteiger partial charge in [0, 0.05) is 0 Å². The monoisotopic (exact) mass is 198 g/mol. The van der Waals surface area contributed by atoms with Crippen LogP contribution in [0, 0.1) is 17.3 Å². The molecule has 0 radical (unpaired) electrons. The maximum absolute atomic E-state index is 2.40. The van der Waals surface area contributed by atoms with Crippen molar-refractivity contribution in [3.8, 4) is 0 Å². The fraction of sp³-hybridized carbons (Fsp3) is 1.00. The predicted molar refractivity (Wildman–Crippen MR) is 66.5 cm³/mol. The normalized spacial score (nSPS) is 27.9. The lowest BCUT2D eigenvalue weighted by molar-refractivity contribution is 0.148. The summed E-state index contributed by atoms with van der Waals surface area (Å²) >= 11 is 0. The van der Waals surface area contributed by atoms with E-state index < -0.39 is 0 Å². The first-order chi connectivity index (χ1) is 6.41. The molecular weight excluding hydrogens is 168 g/mol. The van der Waals surface area contributed by atoms with Gasteiger partial charge in [-0.25, -0.2) is 0 Å². The Morgan fingerprint density at radius 1 is 1.07 bits per heavy atom. The first-order valence-corrected chi connectivity index (χ1v) is 6.41. The van der Waals surface area contributed by atoms with Crippen LogP contribution in [-0.4, -0.2) is 0 Å². The van der Waals surface area contributed by atoms with E-state index in [1.165, 1.54) is 32.1 Å². The quantitative estimate of drug-likeness (QED) is 0.497. The van der Waals surface area contributed by atoms with E-state index in [0.29, 0.717) is 5.41 Å². The van der Waals surface area contributed by atoms with Gasteiger partial charge in [0.05, 0.1) is 0 Å². The first-order valence-electron chi connectivity index (χ1n) is 6.41. The van der Waals surface area contributed by atoms with E-state index >= 15 is 0 Å². The van der Waals surface area contributed by atoms with Crippen LogP contribution in [0.3, 0.4) is 0 Å². The van der Waals surface area contributed by atoms with E-state index in [1.54, 1.807) is 0 Å². The van der Waals surface area contributed by atoms with Crippen molar-refractivity contribution in [2.45, 2.75) is 73.6 Å². The molecule has 0 aromatic heterocycles. The average molecular weight is 198 g/mol. The van der Waals surface area contributed by atoms with Gasteiger partial charge in [-0.2, -0.15) is 0 Å². The predicted octanol–water partition coefficient (Wildman–Crippen LogP) is 5.28. The van der Waals surface area contributed by atoms with Crippen LogP contribution in [0.4, 0.5) is 0 Å². The van der Waals surface area contributed by atoms with Gasteiger partial charge in [-0.05, 0) is 30.1 Å². The average Bonchev–Trinajstić information content (AvgIpc) is 2.04. The summed E-state index contributed by atoms with van der Waals surface area (Å²) in [7, 11) is 0. The van der Waals surface area contributed by atoms with Crippen LogP contribution < -0.4 is 0 Å². The number of hydrogen-bond acceptors (Lipinski definition) is 0. The molecule has 1 rings (SSSR count). The Hall–Kier alpha value is 0. The van der Waals surface area contributed by atoms with Crippen LogP contribution in [-0.2, 0) is 0 Å². The van der Waals surface area contributed by atoms with Gasteiger partial charge in [0.1, 0.15) is 0 Å². The summed E-state index contributed by atoms with van der Waals surface area (Å²) in [4.78, 5) is 0. The third-order valence-corrected chi connectivity index (χ3v) is 3.16. The van der Waals surface area contributed by atoms with E-state index in [0.717, 1.165) is 11.8 Å². The molecule has 2 unspecified atom stereocenters. The summed E-state index contributed by atoms with van der Waals surface area (Å²) in [6.07, 6.45) is 7.10. The lowest BCUT2D eigenvalue weighted by Crippen LogP contribution is -2.25. The Morgan fingerprint density at radius 3 is 1.86 bits per heavy atom. The minimum Gasteiger partial charge on any atom is -0.0656 e. The first kappa shape index (κ1) is 14.0. The van der Waals surface area contributed by atoms with E-state index in [2.05, 4.69) is 41.5 Å². The largest absolute Gasteiger partial charge is 0.0656 e. The molecule has 0 spiro atoms. The van der Waals surface area contributed by atoms with Gasteiger partial charge in [-0.1, -0.05) is 60.8 Å². The fourth-order valence-electron chi connectivity index (χ4n) is 2.22. The molecule has 0 N–H and O–H groups in total. The van der Waals surface area contributed by atoms with Crippen molar-refractivity contribution in [1.82, 2.24) is 0 Å². The van der Waals surface area contributed by atoms with Crippen molar-refractivity contribution in [2.24, 2.45) is 17.3 Å². The summed E-state index contributed by atoms with van der Waals surface area (Å²) in [6.45, 7) is 13.8. The topological polar surface area (TPSA) is 0 Å². The molecule has 1 aliphatic rings. The zero-order valence-corrected chi connectivity index (χ0v) is 11.2. The van der Waals surface area contributed by atoms with Crippen molar-refractivity contribution in [2.75, 3.05) is 0 Å². The smallest absolute Gasteiger partial charge is 0.0354 e. The van der Waals surface area contributed by atoms with Crippen molar-refractivity contribution >= 4 is 0 Å². The molecule has 0 aliphatic heterocycles. The summed E-state index contributed by atoms with van der Waals surface area (Å²) in [5.41, 5.74) is 0.550. The summed E-state index contributed by atoms with van der Waals surface area (Å²) in [5.74, 6) is 1.96. The molecule has 0 heterocycles. The highest BCUT2D eigenvalue weighted by Gasteiger charge is 2.28. The van der Waals surface area contributed by atoms with Gasteiger partial charge in [0.2, 0.25) is 0 Å². The molecular formula is C14H30. The molecule has 86 valence electrons. The zero-order valence-electron chi connectivity index (χ0n) is 11.2. The summed E-state index contributed by atoms with van der Waals surface area (Å²) < 4.78 is 0. The van der Waals surface area contributed by atoms with Crippen LogP contribution >= 0.6 is 0 Å². The number of hydrogen-bond donors (Lipinski definition) is 0. The maximum Gasteiger partial charge on any atom is -0.0354 e. The van der Waals surface area contributed by atoms with E-state index in [-0.39, 0.29) is 0 Å². The molecule has 2 atom stereocenters. The Bertz CT molecular complexity index is 129. The van der Waals surface area contributed by atoms with E-state index in [1.807, 2.05) is 0 Å². The molecule has 0 bridgehead atoms. The summed E-state index contributed by atoms with van der Waals surface area (Å²) in [6, 6.07) is 0. The Kier molecular flexibility index (Phi) is 6.48. The van der Waals surface area contributed by atoms with Gasteiger partial charge in [-0.15, -0.1) is 0 Å². The van der Waals surface area contributed by atoms with Crippen LogP contribution in [0.1, 0.15) is 73.6 Å². The maximum atomic E-state index is 2.40. The van der Waals surface area contributed by atoms with Crippen molar-refractivity contribution in [3.63, 3.8) is 0 Å². The minimum atomic E-state index is 0.550. The summed E-state index contributed by atoms with van der Waals surface area (Å²) in [5, 5.41) is 0. The molecule has 1 aliphatic carbocycles. The lowest BCUT2D eigenvalue weighted by Gasteiger charge is -2.36. The van der Waals surface area contributed by atoms with Gasteiger partial charge < -0.3 is 0 Å². The molecule has 14 heavy (non-hydrogen) atoms. The Labute approximate surface area is 91.5 Å². The van der Waals surface area contributed by atoms with Crippen molar-refractivity contribution in [3.05, 3.63) is 0 Å². The minimum absolute atomic E-state index is 0.550. The second kappa shape index (κ2) is 6.48. The second-order valence-electron chi connectivity index (χ2n) is 6.04. The Balaban J connectivity index is 0.000000500. The van der Waals surface area contributed by atoms with E-state index in [9.17, 15) is 0 Å². The molecule has 0 nitrogen and oxygen atoms in total. The molecule has 1 saturated carbocycles. The molecule has 0 saturated heterocycles. The molecule has 0 aromatic rings. The number of rotatable bonds is 0. The lowest BCUT2D eigenvalue weighted by atomic mass is 9.69. The van der Waals surface area contributed by atoms with Gasteiger partial charge >= 0.3 is 0 Å². The van der Waals surface area contributed by atoms with Crippen molar-refractivity contribution < 1.29 is 0 Å². The molecule has 0 heteroatoms. The fourth-order valence-corrected chi connectivity index (χ4v) is 2.22. The standard InChI is InChI=1S/C11H22.C3H8/c1-9-6-5-7-10(8-9)11(2,3)4;1-3-2/h9-10H,5-8H2,1-4H3;3H2,1-2H3. The van der Waals surface area contributed by atoms with Crippen LogP contribution in [0.2, 0.25) is 0 Å². The highest BCUT2D eigenvalue weighted by Crippen LogP contribution is 2.39. The molecule has 0 amide bonds. The SMILES string of the molecule is CC1CCCC(C(C)(C)C)C1.CCC. The zero-order chi connectivity index (χ0) is 11.2. The third kappa shape index (κ3) is 5.67. The van der Waals surface area contributed by atoms with Crippen LogP contribution in [0.25, 0.3) is 0 Å². The molecule has 0 aromatic carbocycles. The van der Waals surface area contributed by atoms with Crippen LogP contribution in [0.15, 0.2) is 0 Å². The molecule has 1 fully saturated rings. The van der Waals surface area contributed by atoms with E-state index in [4.69, 9.17) is 0 Å². The van der Waals surface area contributed by atoms with Gasteiger partial charge in [0.15, 0.2) is 0 Å². The highest BCUT2D eigenvalue weighted by molar-refractivity contribution is 4.79. The Morgan fingerprint density at radius 2 is 1.57 bits per heavy atom. The van der Waals surface area contributed by atoms with Crippen LogP contribution in [0.5, 0.6) is 0 Å². The van der Waals surface area contributed by atoms with Gasteiger partial charge in [-0.3, -0.25) is 0 Å². The van der Waals surface area contributed by atoms with Gasteiger partial charge in [0.25, 0.3) is 0 Å². The highest BCUT2D eigenvalue weighted by atomic mass is 14.3.